The topological polar surface area (TPSA) is 44.8 Å². The first-order valence-corrected chi connectivity index (χ1v) is 6.53. The van der Waals surface area contributed by atoms with Gasteiger partial charge in [-0.1, -0.05) is 24.3 Å². The number of carbonyl (C=O) groups is 1. The van der Waals surface area contributed by atoms with E-state index < -0.39 is 0 Å². The molecule has 0 unspecified atom stereocenters. The Morgan fingerprint density at radius 3 is 2.05 bits per heavy atom. The van der Waals surface area contributed by atoms with Crippen LogP contribution in [-0.2, 0) is 0 Å². The van der Waals surface area contributed by atoms with Crippen LogP contribution in [0.3, 0.4) is 0 Å². The summed E-state index contributed by atoms with van der Waals surface area (Å²) in [5.74, 6) is 1.21. The Bertz CT molecular complexity index is 662. The van der Waals surface area contributed by atoms with Crippen molar-refractivity contribution < 1.29 is 19.0 Å². The highest BCUT2D eigenvalue weighted by molar-refractivity contribution is 6.12. The summed E-state index contributed by atoms with van der Waals surface area (Å²) in [7, 11) is 4.56. The van der Waals surface area contributed by atoms with Crippen molar-refractivity contribution in [2.75, 3.05) is 21.3 Å². The molecular formula is C17H18O4. The number of hydrogen-bond donors (Lipinski definition) is 0. The maximum atomic E-state index is 12.7. The summed E-state index contributed by atoms with van der Waals surface area (Å²) in [6.07, 6.45) is 0. The van der Waals surface area contributed by atoms with Gasteiger partial charge in [0.2, 0.25) is 5.75 Å². The molecule has 0 saturated carbocycles. The van der Waals surface area contributed by atoms with Crippen LogP contribution in [0.25, 0.3) is 0 Å². The number of aryl methyl sites for hydroxylation is 1. The molecule has 0 aliphatic carbocycles. The van der Waals surface area contributed by atoms with Gasteiger partial charge >= 0.3 is 0 Å². The monoisotopic (exact) mass is 286 g/mol. The Kier molecular flexibility index (Phi) is 4.48. The number of benzene rings is 2. The number of ether oxygens (including phenoxy) is 3. The molecule has 0 saturated heterocycles. The Labute approximate surface area is 124 Å². The summed E-state index contributed by atoms with van der Waals surface area (Å²) in [6.45, 7) is 1.90. The van der Waals surface area contributed by atoms with Crippen molar-refractivity contribution in [2.45, 2.75) is 6.92 Å². The molecule has 0 spiro atoms. The maximum absolute atomic E-state index is 12.7. The Balaban J connectivity index is 2.59. The number of carbonyl (C=O) groups excluding carboxylic acids is 1. The molecule has 0 aromatic heterocycles. The van der Waals surface area contributed by atoms with Gasteiger partial charge in [-0.3, -0.25) is 4.79 Å². The minimum absolute atomic E-state index is 0.106. The van der Waals surface area contributed by atoms with Crippen LogP contribution in [-0.4, -0.2) is 27.1 Å². The molecule has 0 amide bonds. The van der Waals surface area contributed by atoms with Crippen molar-refractivity contribution in [1.29, 1.82) is 0 Å². The average Bonchev–Trinajstić information content (AvgIpc) is 2.52. The van der Waals surface area contributed by atoms with Crippen molar-refractivity contribution in [3.63, 3.8) is 0 Å². The fourth-order valence-electron chi connectivity index (χ4n) is 2.25. The van der Waals surface area contributed by atoms with E-state index in [1.165, 1.54) is 14.2 Å². The molecule has 0 N–H and O–H groups in total. The Morgan fingerprint density at radius 2 is 1.48 bits per heavy atom. The van der Waals surface area contributed by atoms with Gasteiger partial charge in [-0.2, -0.15) is 0 Å². The first kappa shape index (κ1) is 14.9. The van der Waals surface area contributed by atoms with Crippen molar-refractivity contribution >= 4 is 5.78 Å². The van der Waals surface area contributed by atoms with Gasteiger partial charge in [0.1, 0.15) is 0 Å². The number of ketones is 1. The smallest absolute Gasteiger partial charge is 0.204 e. The molecule has 2 aromatic carbocycles. The molecule has 2 rings (SSSR count). The minimum atomic E-state index is -0.106. The molecular weight excluding hydrogens is 268 g/mol. The predicted molar refractivity (Wildman–Crippen MR) is 80.7 cm³/mol. The Morgan fingerprint density at radius 1 is 0.810 bits per heavy atom. The van der Waals surface area contributed by atoms with Crippen LogP contribution < -0.4 is 14.2 Å². The van der Waals surface area contributed by atoms with Crippen LogP contribution in [0.5, 0.6) is 17.2 Å². The highest BCUT2D eigenvalue weighted by Crippen LogP contribution is 2.40. The van der Waals surface area contributed by atoms with Gasteiger partial charge in [0.25, 0.3) is 0 Å². The van der Waals surface area contributed by atoms with Crippen LogP contribution in [0.15, 0.2) is 36.4 Å². The molecule has 21 heavy (non-hydrogen) atoms. The van der Waals surface area contributed by atoms with E-state index in [0.717, 1.165) is 5.56 Å². The van der Waals surface area contributed by atoms with Gasteiger partial charge < -0.3 is 14.2 Å². The molecule has 0 fully saturated rings. The highest BCUT2D eigenvalue weighted by atomic mass is 16.5. The largest absolute Gasteiger partial charge is 0.493 e. The summed E-state index contributed by atoms with van der Waals surface area (Å²) in [5.41, 5.74) is 2.01. The quantitative estimate of drug-likeness (QED) is 0.791. The van der Waals surface area contributed by atoms with Crippen molar-refractivity contribution in [3.8, 4) is 17.2 Å². The number of rotatable bonds is 5. The van der Waals surface area contributed by atoms with Gasteiger partial charge in [0.15, 0.2) is 17.3 Å². The second-order valence-corrected chi connectivity index (χ2v) is 4.53. The third-order valence-electron chi connectivity index (χ3n) is 3.34. The van der Waals surface area contributed by atoms with Gasteiger partial charge in [-0.15, -0.1) is 0 Å². The zero-order valence-corrected chi connectivity index (χ0v) is 12.6. The van der Waals surface area contributed by atoms with E-state index in [1.807, 2.05) is 25.1 Å². The van der Waals surface area contributed by atoms with Crippen molar-refractivity contribution in [2.24, 2.45) is 0 Å². The lowest BCUT2D eigenvalue weighted by Crippen LogP contribution is -2.07. The highest BCUT2D eigenvalue weighted by Gasteiger charge is 2.22. The van der Waals surface area contributed by atoms with Crippen LogP contribution in [0, 0.1) is 6.92 Å². The maximum Gasteiger partial charge on any atom is 0.204 e. The SMILES string of the molecule is COc1ccc(C(=O)c2ccccc2C)c(OC)c1OC. The summed E-state index contributed by atoms with van der Waals surface area (Å²) < 4.78 is 15.9. The summed E-state index contributed by atoms with van der Waals surface area (Å²) >= 11 is 0. The molecule has 0 radical (unpaired) electrons. The number of methoxy groups -OCH3 is 3. The van der Waals surface area contributed by atoms with Crippen LogP contribution >= 0.6 is 0 Å². The molecule has 0 atom stereocenters. The zero-order valence-electron chi connectivity index (χ0n) is 12.6. The third kappa shape index (κ3) is 2.70. The second-order valence-electron chi connectivity index (χ2n) is 4.53. The first-order chi connectivity index (χ1) is 10.1. The van der Waals surface area contributed by atoms with Crippen molar-refractivity contribution in [3.05, 3.63) is 53.1 Å². The molecule has 0 aliphatic rings. The summed E-state index contributed by atoms with van der Waals surface area (Å²) in [5, 5.41) is 0. The average molecular weight is 286 g/mol. The zero-order chi connectivity index (χ0) is 15.4. The van der Waals surface area contributed by atoms with Gasteiger partial charge in [-0.25, -0.2) is 0 Å². The van der Waals surface area contributed by atoms with Gasteiger partial charge in [0.05, 0.1) is 26.9 Å². The lowest BCUT2D eigenvalue weighted by atomic mass is 9.98. The normalized spacial score (nSPS) is 10.1. The lowest BCUT2D eigenvalue weighted by molar-refractivity contribution is 0.103. The lowest BCUT2D eigenvalue weighted by Gasteiger charge is -2.15. The standard InChI is InChI=1S/C17H18O4/c1-11-7-5-6-8-12(11)15(18)13-9-10-14(19-2)17(21-4)16(13)20-3/h5-10H,1-4H3. The van der Waals surface area contributed by atoms with Crippen LogP contribution in [0.2, 0.25) is 0 Å². The number of hydrogen-bond acceptors (Lipinski definition) is 4. The van der Waals surface area contributed by atoms with E-state index in [2.05, 4.69) is 0 Å². The molecule has 0 heterocycles. The van der Waals surface area contributed by atoms with E-state index in [1.54, 1.807) is 25.3 Å². The van der Waals surface area contributed by atoms with Crippen molar-refractivity contribution in [1.82, 2.24) is 0 Å². The van der Waals surface area contributed by atoms with Crippen LogP contribution in [0.1, 0.15) is 21.5 Å². The van der Waals surface area contributed by atoms with Crippen LogP contribution in [0.4, 0.5) is 0 Å². The van der Waals surface area contributed by atoms with Gasteiger partial charge in [-0.05, 0) is 24.6 Å². The van der Waals surface area contributed by atoms with E-state index in [-0.39, 0.29) is 5.78 Å². The van der Waals surface area contributed by atoms with E-state index in [9.17, 15) is 4.79 Å². The second kappa shape index (κ2) is 6.31. The summed E-state index contributed by atoms with van der Waals surface area (Å²) in [4.78, 5) is 12.7. The predicted octanol–water partition coefficient (Wildman–Crippen LogP) is 3.25. The van der Waals surface area contributed by atoms with E-state index >= 15 is 0 Å². The summed E-state index contributed by atoms with van der Waals surface area (Å²) in [6, 6.07) is 10.8. The molecule has 0 aliphatic heterocycles. The molecule has 4 heteroatoms. The molecule has 2 aromatic rings. The molecule has 0 bridgehead atoms. The first-order valence-electron chi connectivity index (χ1n) is 6.53. The fraction of sp³-hybridized carbons (Fsp3) is 0.235. The fourth-order valence-corrected chi connectivity index (χ4v) is 2.25. The van der Waals surface area contributed by atoms with Gasteiger partial charge in [0, 0.05) is 5.56 Å². The van der Waals surface area contributed by atoms with E-state index in [4.69, 9.17) is 14.2 Å². The third-order valence-corrected chi connectivity index (χ3v) is 3.34. The molecule has 4 nitrogen and oxygen atoms in total. The minimum Gasteiger partial charge on any atom is -0.493 e. The Hall–Kier alpha value is -2.49. The van der Waals surface area contributed by atoms with E-state index in [0.29, 0.717) is 28.4 Å². The molecule has 110 valence electrons.